The van der Waals surface area contributed by atoms with E-state index in [4.69, 9.17) is 14.2 Å². The molecular formula is C32H33F4N3O5. The number of ether oxygens (including phenoxy) is 3. The fourth-order valence-corrected chi connectivity index (χ4v) is 5.17. The van der Waals surface area contributed by atoms with Crippen LogP contribution < -0.4 is 24.8 Å². The molecule has 1 aliphatic heterocycles. The standard InChI is InChI=1S/C32H33F4N3O5/c1-30(15-37-21-8-9-21)17-43-28-23(30)14-26(39-27(28)18-3-6-20(33)7-4-18)31(41,32(34,35)36)16-38-29(40)19-5-12-24(25(13-19)42-2)44-22-10-11-22/h3-7,12-14,21-22,37,41H,8-11,15-17H2,1-2H3,(H,38,40)/t30-,31-/m0/s1. The highest BCUT2D eigenvalue weighted by Crippen LogP contribution is 2.48. The summed E-state index contributed by atoms with van der Waals surface area (Å²) in [5, 5.41) is 17.0. The van der Waals surface area contributed by atoms with Gasteiger partial charge in [0.15, 0.2) is 11.5 Å². The molecular weight excluding hydrogens is 582 g/mol. The van der Waals surface area contributed by atoms with Crippen LogP contribution in [0.4, 0.5) is 17.6 Å². The SMILES string of the molecule is COc1cc(C(=O)NC[C@](O)(c2cc3c(c(-c4ccc(F)cc4)n2)OC[C@]3(C)CNC2CC2)C(F)(F)F)ccc1OC1CC1. The van der Waals surface area contributed by atoms with Gasteiger partial charge in [-0.15, -0.1) is 0 Å². The van der Waals surface area contributed by atoms with E-state index in [1.807, 2.05) is 6.92 Å². The highest BCUT2D eigenvalue weighted by molar-refractivity contribution is 5.95. The highest BCUT2D eigenvalue weighted by atomic mass is 19.4. The molecule has 44 heavy (non-hydrogen) atoms. The third kappa shape index (κ3) is 5.92. The molecule has 3 aromatic rings. The molecule has 2 heterocycles. The molecule has 2 aliphatic carbocycles. The maximum Gasteiger partial charge on any atom is 0.424 e. The fraction of sp³-hybridized carbons (Fsp3) is 0.438. The smallest absolute Gasteiger partial charge is 0.424 e. The van der Waals surface area contributed by atoms with Crippen LogP contribution in [0.1, 0.15) is 54.2 Å². The summed E-state index contributed by atoms with van der Waals surface area (Å²) in [4.78, 5) is 17.3. The molecule has 0 spiro atoms. The van der Waals surface area contributed by atoms with Crippen LogP contribution in [0.5, 0.6) is 17.2 Å². The molecule has 6 rings (SSSR count). The minimum absolute atomic E-state index is 0.0237. The van der Waals surface area contributed by atoms with Crippen molar-refractivity contribution in [3.8, 4) is 28.5 Å². The van der Waals surface area contributed by atoms with Gasteiger partial charge >= 0.3 is 6.18 Å². The summed E-state index contributed by atoms with van der Waals surface area (Å²) in [5.41, 5.74) is -4.21. The van der Waals surface area contributed by atoms with Crippen molar-refractivity contribution in [1.29, 1.82) is 0 Å². The highest BCUT2D eigenvalue weighted by Gasteiger charge is 2.57. The van der Waals surface area contributed by atoms with Gasteiger partial charge in [-0.3, -0.25) is 4.79 Å². The van der Waals surface area contributed by atoms with Gasteiger partial charge in [0.2, 0.25) is 5.60 Å². The van der Waals surface area contributed by atoms with E-state index in [1.54, 1.807) is 0 Å². The van der Waals surface area contributed by atoms with Crippen molar-refractivity contribution in [2.45, 2.75) is 61.9 Å². The van der Waals surface area contributed by atoms with Crippen LogP contribution in [0.25, 0.3) is 11.3 Å². The Kier molecular flexibility index (Phi) is 7.69. The second-order valence-corrected chi connectivity index (χ2v) is 12.0. The molecule has 3 N–H and O–H groups in total. The number of carbonyl (C=O) groups is 1. The first-order valence-corrected chi connectivity index (χ1v) is 14.5. The van der Waals surface area contributed by atoms with Crippen molar-refractivity contribution in [3.63, 3.8) is 0 Å². The van der Waals surface area contributed by atoms with E-state index in [9.17, 15) is 27.5 Å². The van der Waals surface area contributed by atoms with Crippen molar-refractivity contribution in [2.75, 3.05) is 26.8 Å². The Hall–Kier alpha value is -3.90. The van der Waals surface area contributed by atoms with Crippen molar-refractivity contribution < 1.29 is 41.7 Å². The molecule has 2 saturated carbocycles. The van der Waals surface area contributed by atoms with E-state index < -0.39 is 41.2 Å². The van der Waals surface area contributed by atoms with E-state index in [1.165, 1.54) is 55.6 Å². The van der Waals surface area contributed by atoms with Gasteiger partial charge in [-0.05, 0) is 74.2 Å². The average molecular weight is 616 g/mol. The Morgan fingerprint density at radius 1 is 1.09 bits per heavy atom. The van der Waals surface area contributed by atoms with Crippen LogP contribution in [0.3, 0.4) is 0 Å². The molecule has 2 atom stereocenters. The van der Waals surface area contributed by atoms with Gasteiger partial charge in [0, 0.05) is 34.7 Å². The number of nitrogens with one attached hydrogen (secondary N) is 2. The number of fused-ring (bicyclic) bond motifs is 1. The first kappa shape index (κ1) is 30.1. The fourth-order valence-electron chi connectivity index (χ4n) is 5.17. The van der Waals surface area contributed by atoms with Gasteiger partial charge in [-0.1, -0.05) is 6.92 Å². The van der Waals surface area contributed by atoms with Crippen LogP contribution in [0, 0.1) is 5.82 Å². The van der Waals surface area contributed by atoms with Crippen LogP contribution in [0.15, 0.2) is 48.5 Å². The number of pyridine rings is 1. The number of aromatic nitrogens is 1. The molecule has 234 valence electrons. The lowest BCUT2D eigenvalue weighted by atomic mass is 9.82. The Labute approximate surface area is 251 Å². The maximum absolute atomic E-state index is 14.8. The monoisotopic (exact) mass is 615 g/mol. The molecule has 0 radical (unpaired) electrons. The number of alkyl halides is 3. The summed E-state index contributed by atoms with van der Waals surface area (Å²) in [6, 6.07) is 11.0. The zero-order valence-corrected chi connectivity index (χ0v) is 24.3. The van der Waals surface area contributed by atoms with E-state index in [2.05, 4.69) is 15.6 Å². The number of methoxy groups -OCH3 is 1. The summed E-state index contributed by atoms with van der Waals surface area (Å²) >= 11 is 0. The van der Waals surface area contributed by atoms with E-state index >= 15 is 0 Å². The normalized spacial score (nSPS) is 20.8. The first-order chi connectivity index (χ1) is 20.9. The number of hydrogen-bond acceptors (Lipinski definition) is 7. The molecule has 12 heteroatoms. The van der Waals surface area contributed by atoms with Gasteiger partial charge in [0.25, 0.3) is 5.91 Å². The van der Waals surface area contributed by atoms with Crippen LogP contribution in [0.2, 0.25) is 0 Å². The number of carbonyl (C=O) groups excluding carboxylic acids is 1. The molecule has 1 amide bonds. The summed E-state index contributed by atoms with van der Waals surface area (Å²) in [6.45, 7) is 1.25. The maximum atomic E-state index is 14.8. The number of amides is 1. The predicted molar refractivity (Wildman–Crippen MR) is 152 cm³/mol. The number of aliphatic hydroxyl groups is 1. The molecule has 8 nitrogen and oxygen atoms in total. The second-order valence-electron chi connectivity index (χ2n) is 12.0. The summed E-state index contributed by atoms with van der Waals surface area (Å²) in [5.74, 6) is -0.422. The van der Waals surface area contributed by atoms with Gasteiger partial charge in [0.05, 0.1) is 32.1 Å². The van der Waals surface area contributed by atoms with Gasteiger partial charge in [-0.2, -0.15) is 13.2 Å². The van der Waals surface area contributed by atoms with E-state index in [0.29, 0.717) is 29.5 Å². The van der Waals surface area contributed by atoms with Crippen LogP contribution in [-0.2, 0) is 11.0 Å². The zero-order chi connectivity index (χ0) is 31.3. The Bertz CT molecular complexity index is 1560. The lowest BCUT2D eigenvalue weighted by molar-refractivity contribution is -0.265. The summed E-state index contributed by atoms with van der Waals surface area (Å²) in [6.07, 6.45) is -1.32. The Balaban J connectivity index is 1.35. The average Bonchev–Trinajstić information content (AvgIpc) is 3.94. The molecule has 2 aromatic carbocycles. The number of nitrogens with zero attached hydrogens (tertiary/aromatic N) is 1. The largest absolute Gasteiger partial charge is 0.493 e. The summed E-state index contributed by atoms with van der Waals surface area (Å²) in [7, 11) is 1.40. The lowest BCUT2D eigenvalue weighted by Crippen LogP contribution is -2.51. The summed E-state index contributed by atoms with van der Waals surface area (Å²) < 4.78 is 75.1. The van der Waals surface area contributed by atoms with Crippen LogP contribution in [-0.4, -0.2) is 61.1 Å². The van der Waals surface area contributed by atoms with Gasteiger partial charge in [0.1, 0.15) is 17.3 Å². The minimum Gasteiger partial charge on any atom is -0.493 e. The van der Waals surface area contributed by atoms with Crippen molar-refractivity contribution in [2.24, 2.45) is 0 Å². The minimum atomic E-state index is -5.23. The van der Waals surface area contributed by atoms with Crippen molar-refractivity contribution in [1.82, 2.24) is 15.6 Å². The number of rotatable bonds is 11. The zero-order valence-electron chi connectivity index (χ0n) is 24.3. The number of benzene rings is 2. The lowest BCUT2D eigenvalue weighted by Gasteiger charge is -2.32. The molecule has 1 aromatic heterocycles. The third-order valence-corrected chi connectivity index (χ3v) is 8.28. The van der Waals surface area contributed by atoms with Crippen molar-refractivity contribution >= 4 is 5.91 Å². The molecule has 0 saturated heterocycles. The molecule has 0 unspecified atom stereocenters. The molecule has 2 fully saturated rings. The van der Waals surface area contributed by atoms with E-state index in [0.717, 1.165) is 25.7 Å². The number of hydrogen-bond donors (Lipinski definition) is 3. The topological polar surface area (TPSA) is 102 Å². The van der Waals surface area contributed by atoms with Crippen molar-refractivity contribution in [3.05, 3.63) is 71.2 Å². The van der Waals surface area contributed by atoms with E-state index in [-0.39, 0.29) is 35.5 Å². The third-order valence-electron chi connectivity index (χ3n) is 8.28. The Morgan fingerprint density at radius 3 is 2.45 bits per heavy atom. The first-order valence-electron chi connectivity index (χ1n) is 14.5. The second kappa shape index (κ2) is 11.2. The Morgan fingerprint density at radius 2 is 1.82 bits per heavy atom. The molecule has 0 bridgehead atoms. The van der Waals surface area contributed by atoms with Gasteiger partial charge in [-0.25, -0.2) is 9.37 Å². The van der Waals surface area contributed by atoms with Gasteiger partial charge < -0.3 is 30.0 Å². The number of halogens is 4. The molecule has 3 aliphatic rings. The quantitative estimate of drug-likeness (QED) is 0.261. The van der Waals surface area contributed by atoms with Crippen LogP contribution >= 0.6 is 0 Å². The predicted octanol–water partition coefficient (Wildman–Crippen LogP) is 5.02.